The van der Waals surface area contributed by atoms with Gasteiger partial charge in [-0.3, -0.25) is 0 Å². The number of aromatic nitrogens is 1. The maximum Gasteiger partial charge on any atom is 0.293 e. The summed E-state index contributed by atoms with van der Waals surface area (Å²) in [5.41, 5.74) is 0.784. The number of methoxy groups -OCH3 is 1. The van der Waals surface area contributed by atoms with Gasteiger partial charge >= 0.3 is 0 Å². The Bertz CT molecular complexity index is 455. The molecule has 0 N–H and O–H groups in total. The van der Waals surface area contributed by atoms with Crippen molar-refractivity contribution in [2.45, 2.75) is 0 Å². The molecule has 0 radical (unpaired) electrons. The molecule has 0 amide bonds. The number of hydrogen-bond acceptors (Lipinski definition) is 3. The molecule has 0 spiro atoms. The van der Waals surface area contributed by atoms with Crippen molar-refractivity contribution in [1.82, 2.24) is 4.98 Å². The molecule has 0 bridgehead atoms. The first-order valence-corrected chi connectivity index (χ1v) is 3.88. The van der Waals surface area contributed by atoms with Crippen LogP contribution < -0.4 is 4.74 Å². The van der Waals surface area contributed by atoms with Gasteiger partial charge in [-0.15, -0.1) is 0 Å². The second-order valence-corrected chi connectivity index (χ2v) is 2.74. The number of halogens is 2. The molecule has 0 unspecified atom stereocenters. The Balaban J connectivity index is 2.72. The number of rotatable bonds is 1. The van der Waals surface area contributed by atoms with E-state index in [1.807, 2.05) is 0 Å². The van der Waals surface area contributed by atoms with Crippen molar-refractivity contribution < 1.29 is 13.5 Å². The Morgan fingerprint density at radius 3 is 3.00 bits per heavy atom. The number of nitrogens with zero attached hydrogens (tertiary/aromatic N) is 1. The Morgan fingerprint density at radius 1 is 1.54 bits per heavy atom. The van der Waals surface area contributed by atoms with Crippen molar-refractivity contribution in [3.05, 3.63) is 23.3 Å². The van der Waals surface area contributed by atoms with E-state index in [2.05, 4.69) is 4.98 Å². The molecule has 0 fully saturated rings. The second kappa shape index (κ2) is 2.88. The van der Waals surface area contributed by atoms with Crippen LogP contribution in [0.4, 0.5) is 4.39 Å². The molecule has 2 aromatic rings. The van der Waals surface area contributed by atoms with Gasteiger partial charge in [0.25, 0.3) is 5.35 Å². The number of benzene rings is 1. The minimum Gasteiger partial charge on any atom is -0.494 e. The molecule has 1 aromatic carbocycles. The van der Waals surface area contributed by atoms with Gasteiger partial charge < -0.3 is 9.15 Å². The average Bonchev–Trinajstić information content (AvgIpc) is 2.42. The normalized spacial score (nSPS) is 10.7. The minimum atomic E-state index is -0.497. The largest absolute Gasteiger partial charge is 0.494 e. The molecule has 1 aromatic heterocycles. The van der Waals surface area contributed by atoms with Gasteiger partial charge in [-0.25, -0.2) is 4.39 Å². The summed E-state index contributed by atoms with van der Waals surface area (Å²) in [6, 6.07) is 2.62. The van der Waals surface area contributed by atoms with Gasteiger partial charge in [0.2, 0.25) is 0 Å². The molecule has 0 atom stereocenters. The first-order valence-electron chi connectivity index (χ1n) is 3.50. The van der Waals surface area contributed by atoms with Gasteiger partial charge in [-0.2, -0.15) is 4.98 Å². The monoisotopic (exact) mass is 201 g/mol. The van der Waals surface area contributed by atoms with Gasteiger partial charge in [-0.05, 0) is 11.6 Å². The predicted octanol–water partition coefficient (Wildman–Crippen LogP) is 2.63. The van der Waals surface area contributed by atoms with Crippen molar-refractivity contribution in [3.63, 3.8) is 0 Å². The molecule has 0 saturated heterocycles. The van der Waals surface area contributed by atoms with Gasteiger partial charge in [0.15, 0.2) is 17.1 Å². The third-order valence-corrected chi connectivity index (χ3v) is 1.80. The SMILES string of the molecule is COc1cc2nc(Cl)oc2cc1F. The zero-order chi connectivity index (χ0) is 9.42. The summed E-state index contributed by atoms with van der Waals surface area (Å²) < 4.78 is 22.7. The molecule has 68 valence electrons. The molecule has 0 aliphatic heterocycles. The van der Waals surface area contributed by atoms with Gasteiger partial charge in [0, 0.05) is 12.1 Å². The average molecular weight is 202 g/mol. The van der Waals surface area contributed by atoms with E-state index in [1.165, 1.54) is 19.2 Å². The van der Waals surface area contributed by atoms with Crippen LogP contribution in [0, 0.1) is 5.82 Å². The lowest BCUT2D eigenvalue weighted by Gasteiger charge is -1.98. The minimum absolute atomic E-state index is 0.0114. The Kier molecular flexibility index (Phi) is 1.84. The first-order chi connectivity index (χ1) is 6.20. The molecule has 1 heterocycles. The van der Waals surface area contributed by atoms with E-state index in [0.29, 0.717) is 11.1 Å². The lowest BCUT2D eigenvalue weighted by atomic mass is 10.3. The lowest BCUT2D eigenvalue weighted by Crippen LogP contribution is -1.86. The van der Waals surface area contributed by atoms with Crippen LogP contribution in [0.15, 0.2) is 16.5 Å². The number of ether oxygens (including phenoxy) is 1. The van der Waals surface area contributed by atoms with Crippen LogP contribution in [0.5, 0.6) is 5.75 Å². The summed E-state index contributed by atoms with van der Waals surface area (Å²) in [7, 11) is 1.38. The van der Waals surface area contributed by atoms with Crippen LogP contribution in [0.2, 0.25) is 5.35 Å². The van der Waals surface area contributed by atoms with Crippen molar-refractivity contribution in [1.29, 1.82) is 0 Å². The van der Waals surface area contributed by atoms with Crippen LogP contribution in [0.3, 0.4) is 0 Å². The maximum atomic E-state index is 13.1. The molecule has 13 heavy (non-hydrogen) atoms. The van der Waals surface area contributed by atoms with Crippen molar-refractivity contribution in [2.24, 2.45) is 0 Å². The van der Waals surface area contributed by atoms with Crippen molar-refractivity contribution in [2.75, 3.05) is 7.11 Å². The molecule has 5 heteroatoms. The van der Waals surface area contributed by atoms with Crippen molar-refractivity contribution >= 4 is 22.7 Å². The Hall–Kier alpha value is -1.29. The number of fused-ring (bicyclic) bond motifs is 1. The Morgan fingerprint density at radius 2 is 2.31 bits per heavy atom. The third kappa shape index (κ3) is 1.33. The number of hydrogen-bond donors (Lipinski definition) is 0. The van der Waals surface area contributed by atoms with Crippen molar-refractivity contribution in [3.8, 4) is 5.75 Å². The maximum absolute atomic E-state index is 13.1. The number of oxazole rings is 1. The highest BCUT2D eigenvalue weighted by Crippen LogP contribution is 2.26. The van der Waals surface area contributed by atoms with E-state index in [-0.39, 0.29) is 11.1 Å². The summed E-state index contributed by atoms with van der Waals surface area (Å²) >= 11 is 5.49. The van der Waals surface area contributed by atoms with Crippen LogP contribution in [-0.2, 0) is 0 Å². The van der Waals surface area contributed by atoms with E-state index in [1.54, 1.807) is 0 Å². The summed E-state index contributed by atoms with van der Waals surface area (Å²) in [6.45, 7) is 0. The molecule has 0 aliphatic carbocycles. The van der Waals surface area contributed by atoms with Gasteiger partial charge in [-0.1, -0.05) is 0 Å². The highest BCUT2D eigenvalue weighted by Gasteiger charge is 2.09. The quantitative estimate of drug-likeness (QED) is 0.712. The van der Waals surface area contributed by atoms with Crippen LogP contribution >= 0.6 is 11.6 Å². The van der Waals surface area contributed by atoms with Crippen LogP contribution in [-0.4, -0.2) is 12.1 Å². The summed E-state index contributed by atoms with van der Waals surface area (Å²) in [4.78, 5) is 3.81. The van der Waals surface area contributed by atoms with Crippen LogP contribution in [0.1, 0.15) is 0 Å². The molecular formula is C8H5ClFNO2. The zero-order valence-corrected chi connectivity index (χ0v) is 7.43. The van der Waals surface area contributed by atoms with Crippen LogP contribution in [0.25, 0.3) is 11.1 Å². The predicted molar refractivity (Wildman–Crippen MR) is 45.5 cm³/mol. The standard InChI is InChI=1S/C8H5ClFNO2/c1-12-6-3-5-7(2-4(6)10)13-8(9)11-5/h2-3H,1H3. The summed E-state index contributed by atoms with van der Waals surface area (Å²) in [6.07, 6.45) is 0. The van der Waals surface area contributed by atoms with E-state index >= 15 is 0 Å². The molecule has 2 rings (SSSR count). The fourth-order valence-corrected chi connectivity index (χ4v) is 1.23. The van der Waals surface area contributed by atoms with E-state index in [0.717, 1.165) is 0 Å². The molecular weight excluding hydrogens is 197 g/mol. The van der Waals surface area contributed by atoms with Gasteiger partial charge in [0.05, 0.1) is 7.11 Å². The molecule has 0 aliphatic rings. The van der Waals surface area contributed by atoms with E-state index in [4.69, 9.17) is 20.8 Å². The molecule has 0 saturated carbocycles. The zero-order valence-electron chi connectivity index (χ0n) is 6.67. The van der Waals surface area contributed by atoms with Gasteiger partial charge in [0.1, 0.15) is 5.52 Å². The third-order valence-electron chi connectivity index (χ3n) is 1.64. The topological polar surface area (TPSA) is 35.3 Å². The summed E-state index contributed by atoms with van der Waals surface area (Å²) in [5.74, 6) is -0.375. The molecule has 3 nitrogen and oxygen atoms in total. The highest BCUT2D eigenvalue weighted by atomic mass is 35.5. The first kappa shape index (κ1) is 8.31. The smallest absolute Gasteiger partial charge is 0.293 e. The lowest BCUT2D eigenvalue weighted by molar-refractivity contribution is 0.387. The Labute approximate surface area is 78.1 Å². The summed E-state index contributed by atoms with van der Waals surface area (Å²) in [5, 5.41) is -0.0114. The highest BCUT2D eigenvalue weighted by molar-refractivity contribution is 6.28. The fraction of sp³-hybridized carbons (Fsp3) is 0.125. The fourth-order valence-electron chi connectivity index (χ4n) is 1.06. The van der Waals surface area contributed by atoms with E-state index < -0.39 is 5.82 Å². The van der Waals surface area contributed by atoms with E-state index in [9.17, 15) is 4.39 Å². The second-order valence-electron chi connectivity index (χ2n) is 2.42.